The van der Waals surface area contributed by atoms with E-state index >= 15 is 0 Å². The zero-order valence-corrected chi connectivity index (χ0v) is 14.9. The van der Waals surface area contributed by atoms with Gasteiger partial charge in [0.25, 0.3) is 5.91 Å². The molecule has 2 aromatic heterocycles. The third-order valence-corrected chi connectivity index (χ3v) is 5.94. The molecule has 0 aromatic carbocycles. The summed E-state index contributed by atoms with van der Waals surface area (Å²) >= 11 is 1.74. The van der Waals surface area contributed by atoms with E-state index in [0.717, 1.165) is 30.1 Å². The van der Waals surface area contributed by atoms with Crippen LogP contribution in [0, 0.1) is 12.8 Å². The predicted molar refractivity (Wildman–Crippen MR) is 91.2 cm³/mol. The molecule has 2 atom stereocenters. The number of hydrogen-bond acceptors (Lipinski definition) is 5. The Bertz CT molecular complexity index is 754. The van der Waals surface area contributed by atoms with E-state index in [1.807, 2.05) is 17.2 Å². The number of aromatic nitrogens is 3. The van der Waals surface area contributed by atoms with E-state index in [4.69, 9.17) is 4.74 Å². The second kappa shape index (κ2) is 6.29. The lowest BCUT2D eigenvalue weighted by Crippen LogP contribution is -2.42. The molecule has 1 aliphatic carbocycles. The SMILES string of the molecule is Cc1nc([C@@H]2CN(C(=O)c3csc4c3CC[C@H](C)C4)CCO2)n[nH]1. The van der Waals surface area contributed by atoms with Gasteiger partial charge in [-0.3, -0.25) is 9.89 Å². The van der Waals surface area contributed by atoms with Crippen molar-refractivity contribution in [2.45, 2.75) is 39.2 Å². The molecular weight excluding hydrogens is 324 g/mol. The minimum atomic E-state index is -0.248. The van der Waals surface area contributed by atoms with Crippen molar-refractivity contribution in [1.29, 1.82) is 0 Å². The van der Waals surface area contributed by atoms with Gasteiger partial charge in [0.2, 0.25) is 0 Å². The molecule has 1 fully saturated rings. The lowest BCUT2D eigenvalue weighted by Gasteiger charge is -2.32. The number of thiophene rings is 1. The lowest BCUT2D eigenvalue weighted by atomic mass is 9.88. The number of ether oxygens (including phenoxy) is 1. The third-order valence-electron chi connectivity index (χ3n) is 4.89. The summed E-state index contributed by atoms with van der Waals surface area (Å²) < 4.78 is 5.77. The van der Waals surface area contributed by atoms with Gasteiger partial charge >= 0.3 is 0 Å². The van der Waals surface area contributed by atoms with Crippen molar-refractivity contribution in [2.75, 3.05) is 19.7 Å². The van der Waals surface area contributed by atoms with Crippen LogP contribution < -0.4 is 0 Å². The van der Waals surface area contributed by atoms with Crippen LogP contribution in [0.4, 0.5) is 0 Å². The Hall–Kier alpha value is -1.73. The highest BCUT2D eigenvalue weighted by Gasteiger charge is 2.31. The largest absolute Gasteiger partial charge is 0.366 e. The fourth-order valence-electron chi connectivity index (χ4n) is 3.52. The number of carbonyl (C=O) groups is 1. The maximum Gasteiger partial charge on any atom is 0.255 e. The number of nitrogens with zero attached hydrogens (tertiary/aromatic N) is 3. The molecule has 0 spiro atoms. The molecule has 0 radical (unpaired) electrons. The van der Waals surface area contributed by atoms with E-state index in [2.05, 4.69) is 22.1 Å². The number of carbonyl (C=O) groups excluding carboxylic acids is 1. The van der Waals surface area contributed by atoms with Gasteiger partial charge in [0.1, 0.15) is 11.9 Å². The molecule has 24 heavy (non-hydrogen) atoms. The number of fused-ring (bicyclic) bond motifs is 1. The average molecular weight is 346 g/mol. The van der Waals surface area contributed by atoms with E-state index in [-0.39, 0.29) is 12.0 Å². The Morgan fingerprint density at radius 1 is 1.50 bits per heavy atom. The number of rotatable bonds is 2. The topological polar surface area (TPSA) is 71.1 Å². The highest BCUT2D eigenvalue weighted by molar-refractivity contribution is 7.10. The van der Waals surface area contributed by atoms with Crippen molar-refractivity contribution in [3.8, 4) is 0 Å². The van der Waals surface area contributed by atoms with Crippen molar-refractivity contribution in [2.24, 2.45) is 5.92 Å². The number of aromatic amines is 1. The van der Waals surface area contributed by atoms with Gasteiger partial charge in [-0.15, -0.1) is 11.3 Å². The number of morpholine rings is 1. The van der Waals surface area contributed by atoms with Crippen LogP contribution in [0.5, 0.6) is 0 Å². The van der Waals surface area contributed by atoms with E-state index in [0.29, 0.717) is 25.5 Å². The first-order valence-corrected chi connectivity index (χ1v) is 9.39. The molecule has 4 rings (SSSR count). The molecule has 3 heterocycles. The molecule has 6 nitrogen and oxygen atoms in total. The molecule has 0 unspecified atom stereocenters. The summed E-state index contributed by atoms with van der Waals surface area (Å²) in [7, 11) is 0. The van der Waals surface area contributed by atoms with Crippen LogP contribution in [0.1, 0.15) is 51.9 Å². The molecule has 2 aromatic rings. The summed E-state index contributed by atoms with van der Waals surface area (Å²) in [4.78, 5) is 20.7. The van der Waals surface area contributed by atoms with E-state index in [1.165, 1.54) is 16.9 Å². The normalized spacial score (nSPS) is 24.0. The maximum atomic E-state index is 13.0. The van der Waals surface area contributed by atoms with Gasteiger partial charge < -0.3 is 9.64 Å². The van der Waals surface area contributed by atoms with Crippen molar-refractivity contribution in [1.82, 2.24) is 20.1 Å². The van der Waals surface area contributed by atoms with Crippen LogP contribution >= 0.6 is 11.3 Å². The van der Waals surface area contributed by atoms with Crippen LogP contribution in [0.25, 0.3) is 0 Å². The summed E-state index contributed by atoms with van der Waals surface area (Å²) in [6.07, 6.45) is 3.05. The molecule has 128 valence electrons. The second-order valence-corrected chi connectivity index (χ2v) is 7.75. The Kier molecular flexibility index (Phi) is 4.14. The van der Waals surface area contributed by atoms with Gasteiger partial charge in [-0.05, 0) is 37.7 Å². The van der Waals surface area contributed by atoms with Crippen LogP contribution in [0.3, 0.4) is 0 Å². The highest BCUT2D eigenvalue weighted by atomic mass is 32.1. The Morgan fingerprint density at radius 2 is 2.38 bits per heavy atom. The van der Waals surface area contributed by atoms with Crippen molar-refractivity contribution in [3.63, 3.8) is 0 Å². The van der Waals surface area contributed by atoms with Crippen molar-refractivity contribution >= 4 is 17.2 Å². The Labute approximate surface area is 145 Å². The summed E-state index contributed by atoms with van der Waals surface area (Å²) in [6.45, 7) is 5.81. The standard InChI is InChI=1S/C17H22N4O2S/c1-10-3-4-12-13(9-24-15(12)7-10)17(22)21-5-6-23-14(8-21)16-18-11(2)19-20-16/h9-10,14H,3-8H2,1-2H3,(H,18,19,20)/t10-,14-/m0/s1. The lowest BCUT2D eigenvalue weighted by molar-refractivity contribution is -0.0267. The first kappa shape index (κ1) is 15.8. The van der Waals surface area contributed by atoms with Crippen molar-refractivity contribution < 1.29 is 9.53 Å². The number of H-pyrrole nitrogens is 1. The molecule has 1 aliphatic heterocycles. The fourth-order valence-corrected chi connectivity index (χ4v) is 4.76. The zero-order chi connectivity index (χ0) is 16.7. The minimum Gasteiger partial charge on any atom is -0.366 e. The van der Waals surface area contributed by atoms with Gasteiger partial charge in [-0.2, -0.15) is 5.10 Å². The van der Waals surface area contributed by atoms with E-state index < -0.39 is 0 Å². The summed E-state index contributed by atoms with van der Waals surface area (Å²) in [5.74, 6) is 2.24. The maximum absolute atomic E-state index is 13.0. The first-order chi connectivity index (χ1) is 11.6. The third kappa shape index (κ3) is 2.86. The zero-order valence-electron chi connectivity index (χ0n) is 14.0. The van der Waals surface area contributed by atoms with Gasteiger partial charge in [0.05, 0.1) is 18.7 Å². The van der Waals surface area contributed by atoms with E-state index in [9.17, 15) is 4.79 Å². The number of hydrogen-bond donors (Lipinski definition) is 1. The summed E-state index contributed by atoms with van der Waals surface area (Å²) in [5, 5.41) is 9.07. The number of nitrogens with one attached hydrogen (secondary N) is 1. The molecule has 0 saturated carbocycles. The van der Waals surface area contributed by atoms with Gasteiger partial charge in [0, 0.05) is 16.8 Å². The quantitative estimate of drug-likeness (QED) is 0.907. The summed E-state index contributed by atoms with van der Waals surface area (Å²) in [5.41, 5.74) is 2.17. The van der Waals surface area contributed by atoms with Crippen LogP contribution in [-0.4, -0.2) is 45.7 Å². The van der Waals surface area contributed by atoms with Crippen LogP contribution in [0.2, 0.25) is 0 Å². The smallest absolute Gasteiger partial charge is 0.255 e. The van der Waals surface area contributed by atoms with Crippen molar-refractivity contribution in [3.05, 3.63) is 33.0 Å². The van der Waals surface area contributed by atoms with Gasteiger partial charge in [-0.1, -0.05) is 6.92 Å². The Balaban J connectivity index is 1.52. The Morgan fingerprint density at radius 3 is 3.17 bits per heavy atom. The molecule has 2 aliphatic rings. The van der Waals surface area contributed by atoms with Crippen LogP contribution in [0.15, 0.2) is 5.38 Å². The monoisotopic (exact) mass is 346 g/mol. The molecule has 1 saturated heterocycles. The molecule has 7 heteroatoms. The van der Waals surface area contributed by atoms with E-state index in [1.54, 1.807) is 11.3 Å². The first-order valence-electron chi connectivity index (χ1n) is 8.51. The summed E-state index contributed by atoms with van der Waals surface area (Å²) in [6, 6.07) is 0. The van der Waals surface area contributed by atoms with Gasteiger partial charge in [-0.25, -0.2) is 4.98 Å². The highest BCUT2D eigenvalue weighted by Crippen LogP contribution is 2.34. The minimum absolute atomic E-state index is 0.127. The molecule has 0 bridgehead atoms. The predicted octanol–water partition coefficient (Wildman–Crippen LogP) is 2.51. The average Bonchev–Trinajstić information content (AvgIpc) is 3.20. The molecule has 1 N–H and O–H groups in total. The van der Waals surface area contributed by atoms with Gasteiger partial charge in [0.15, 0.2) is 5.82 Å². The molecular formula is C17H22N4O2S. The number of aryl methyl sites for hydroxylation is 1. The second-order valence-electron chi connectivity index (χ2n) is 6.79. The fraction of sp³-hybridized carbons (Fsp3) is 0.588. The molecule has 1 amide bonds. The number of amides is 1. The van der Waals surface area contributed by atoms with Crippen LogP contribution in [-0.2, 0) is 17.6 Å².